The molecule has 0 heterocycles. The Morgan fingerprint density at radius 1 is 1.38 bits per heavy atom. The first-order valence-electron chi connectivity index (χ1n) is 3.83. The number of rotatable bonds is 3. The van der Waals surface area contributed by atoms with Crippen LogP contribution in [0.1, 0.15) is 10.4 Å². The third kappa shape index (κ3) is 2.94. The maximum absolute atomic E-state index is 11.8. The van der Waals surface area contributed by atoms with Crippen LogP contribution in [0.5, 0.6) is 5.75 Å². The van der Waals surface area contributed by atoms with Gasteiger partial charge in [0.1, 0.15) is 5.75 Å². The van der Waals surface area contributed by atoms with Gasteiger partial charge >= 0.3 is 6.36 Å². The molecule has 0 aliphatic heterocycles. The van der Waals surface area contributed by atoms with Crippen molar-refractivity contribution < 1.29 is 27.6 Å². The molecule has 8 heteroatoms. The zero-order valence-corrected chi connectivity index (χ0v) is 7.52. The lowest BCUT2D eigenvalue weighted by atomic mass is 10.2. The second-order valence-electron chi connectivity index (χ2n) is 2.64. The molecule has 0 bridgehead atoms. The third-order valence-corrected chi connectivity index (χ3v) is 1.56. The minimum absolute atomic E-state index is 0.0497. The van der Waals surface area contributed by atoms with E-state index in [-0.39, 0.29) is 6.29 Å². The van der Waals surface area contributed by atoms with Crippen LogP contribution in [0.15, 0.2) is 18.2 Å². The van der Waals surface area contributed by atoms with Gasteiger partial charge < -0.3 is 4.74 Å². The van der Waals surface area contributed by atoms with Crippen LogP contribution in [-0.2, 0) is 0 Å². The fraction of sp³-hybridized carbons (Fsp3) is 0.125. The first kappa shape index (κ1) is 12.0. The number of hydrogen-bond donors (Lipinski definition) is 0. The van der Waals surface area contributed by atoms with E-state index < -0.39 is 28.3 Å². The Morgan fingerprint density at radius 2 is 2.00 bits per heavy atom. The number of aldehydes is 1. The van der Waals surface area contributed by atoms with E-state index >= 15 is 0 Å². The van der Waals surface area contributed by atoms with E-state index in [4.69, 9.17) is 0 Å². The van der Waals surface area contributed by atoms with Gasteiger partial charge in [-0.3, -0.25) is 14.9 Å². The third-order valence-electron chi connectivity index (χ3n) is 1.56. The number of ether oxygens (including phenoxy) is 1. The van der Waals surface area contributed by atoms with Crippen molar-refractivity contribution in [2.75, 3.05) is 0 Å². The molecule has 0 unspecified atom stereocenters. The van der Waals surface area contributed by atoms with Crippen molar-refractivity contribution >= 4 is 12.0 Å². The number of halogens is 3. The summed E-state index contributed by atoms with van der Waals surface area (Å²) in [6, 6.07) is 2.23. The maximum atomic E-state index is 11.8. The van der Waals surface area contributed by atoms with Crippen LogP contribution in [0, 0.1) is 10.1 Å². The van der Waals surface area contributed by atoms with Gasteiger partial charge in [0.25, 0.3) is 5.69 Å². The monoisotopic (exact) mass is 235 g/mol. The molecule has 0 saturated heterocycles. The van der Waals surface area contributed by atoms with Crippen molar-refractivity contribution in [1.82, 2.24) is 0 Å². The van der Waals surface area contributed by atoms with Crippen LogP contribution in [0.3, 0.4) is 0 Å². The highest BCUT2D eigenvalue weighted by Crippen LogP contribution is 2.28. The lowest BCUT2D eigenvalue weighted by Crippen LogP contribution is -2.18. The van der Waals surface area contributed by atoms with E-state index in [1.54, 1.807) is 0 Å². The van der Waals surface area contributed by atoms with Gasteiger partial charge in [-0.2, -0.15) is 0 Å². The minimum atomic E-state index is -4.95. The van der Waals surface area contributed by atoms with Gasteiger partial charge in [0, 0.05) is 12.1 Å². The standard InChI is InChI=1S/C8H4F3NO4/c9-8(10,11)16-7-2-1-6(12(14)15)3-5(7)4-13/h1-4H. The molecule has 0 aliphatic carbocycles. The fourth-order valence-electron chi connectivity index (χ4n) is 0.959. The van der Waals surface area contributed by atoms with Crippen molar-refractivity contribution in [2.24, 2.45) is 0 Å². The maximum Gasteiger partial charge on any atom is 0.573 e. The van der Waals surface area contributed by atoms with Crippen LogP contribution in [0.25, 0.3) is 0 Å². The highest BCUT2D eigenvalue weighted by atomic mass is 19.4. The number of nitro groups is 1. The van der Waals surface area contributed by atoms with Gasteiger partial charge in [-0.1, -0.05) is 0 Å². The summed E-state index contributed by atoms with van der Waals surface area (Å²) in [5, 5.41) is 10.3. The van der Waals surface area contributed by atoms with Crippen molar-refractivity contribution in [1.29, 1.82) is 0 Å². The Bertz CT molecular complexity index is 430. The Balaban J connectivity index is 3.12. The van der Waals surface area contributed by atoms with E-state index in [1.807, 2.05) is 0 Å². The van der Waals surface area contributed by atoms with Gasteiger partial charge in [-0.25, -0.2) is 0 Å². The summed E-state index contributed by atoms with van der Waals surface area (Å²) in [4.78, 5) is 19.9. The number of carbonyl (C=O) groups excluding carboxylic acids is 1. The topological polar surface area (TPSA) is 69.4 Å². The second kappa shape index (κ2) is 4.17. The number of non-ortho nitro benzene ring substituents is 1. The molecule has 1 rings (SSSR count). The minimum Gasteiger partial charge on any atom is -0.405 e. The molecule has 0 amide bonds. The van der Waals surface area contributed by atoms with Crippen LogP contribution >= 0.6 is 0 Å². The fourth-order valence-corrected chi connectivity index (χ4v) is 0.959. The highest BCUT2D eigenvalue weighted by Gasteiger charge is 2.32. The molecule has 0 fully saturated rings. The summed E-state index contributed by atoms with van der Waals surface area (Å²) in [6.45, 7) is 0. The number of hydrogen-bond acceptors (Lipinski definition) is 4. The summed E-state index contributed by atoms with van der Waals surface area (Å²) in [6.07, 6.45) is -4.90. The molecular formula is C8H4F3NO4. The molecular weight excluding hydrogens is 231 g/mol. The normalized spacial score (nSPS) is 10.9. The molecule has 0 spiro atoms. The first-order valence-corrected chi connectivity index (χ1v) is 3.83. The van der Waals surface area contributed by atoms with Gasteiger partial charge in [0.05, 0.1) is 10.5 Å². The van der Waals surface area contributed by atoms with Crippen LogP contribution in [0.2, 0.25) is 0 Å². The predicted molar refractivity (Wildman–Crippen MR) is 45.2 cm³/mol. The van der Waals surface area contributed by atoms with Crippen molar-refractivity contribution in [3.8, 4) is 5.75 Å². The molecule has 86 valence electrons. The molecule has 0 radical (unpaired) electrons. The van der Waals surface area contributed by atoms with Gasteiger partial charge in [-0.05, 0) is 6.07 Å². The van der Waals surface area contributed by atoms with E-state index in [1.165, 1.54) is 0 Å². The number of nitrogens with zero attached hydrogens (tertiary/aromatic N) is 1. The van der Waals surface area contributed by atoms with Gasteiger partial charge in [0.15, 0.2) is 6.29 Å². The molecule has 0 aromatic heterocycles. The van der Waals surface area contributed by atoms with Crippen LogP contribution < -0.4 is 4.74 Å². The molecule has 0 N–H and O–H groups in total. The molecule has 0 atom stereocenters. The zero-order chi connectivity index (χ0) is 12.3. The van der Waals surface area contributed by atoms with Crippen LogP contribution in [0.4, 0.5) is 18.9 Å². The summed E-state index contributed by atoms with van der Waals surface area (Å²) >= 11 is 0. The SMILES string of the molecule is O=Cc1cc([N+](=O)[O-])ccc1OC(F)(F)F. The Morgan fingerprint density at radius 3 is 2.44 bits per heavy atom. The molecule has 5 nitrogen and oxygen atoms in total. The first-order chi connectivity index (χ1) is 7.33. The number of alkyl halides is 3. The number of benzene rings is 1. The Hall–Kier alpha value is -2.12. The quantitative estimate of drug-likeness (QED) is 0.458. The molecule has 1 aromatic carbocycles. The number of carbonyl (C=O) groups is 1. The summed E-state index contributed by atoms with van der Waals surface area (Å²) in [5.74, 6) is -0.770. The van der Waals surface area contributed by atoms with E-state index in [9.17, 15) is 28.1 Å². The van der Waals surface area contributed by atoms with E-state index in [2.05, 4.69) is 4.74 Å². The van der Waals surface area contributed by atoms with E-state index in [0.717, 1.165) is 12.1 Å². The average molecular weight is 235 g/mol. The Labute approximate surface area is 86.6 Å². The zero-order valence-electron chi connectivity index (χ0n) is 7.52. The summed E-state index contributed by atoms with van der Waals surface area (Å²) < 4.78 is 39.0. The second-order valence-corrected chi connectivity index (χ2v) is 2.64. The summed E-state index contributed by atoms with van der Waals surface area (Å²) in [7, 11) is 0. The van der Waals surface area contributed by atoms with Crippen molar-refractivity contribution in [2.45, 2.75) is 6.36 Å². The smallest absolute Gasteiger partial charge is 0.405 e. The van der Waals surface area contributed by atoms with Gasteiger partial charge in [-0.15, -0.1) is 13.2 Å². The lowest BCUT2D eigenvalue weighted by Gasteiger charge is -2.09. The summed E-state index contributed by atoms with van der Waals surface area (Å²) in [5.41, 5.74) is -1.02. The molecule has 0 saturated carbocycles. The van der Waals surface area contributed by atoms with Gasteiger partial charge in [0.2, 0.25) is 0 Å². The largest absolute Gasteiger partial charge is 0.573 e. The predicted octanol–water partition coefficient (Wildman–Crippen LogP) is 2.31. The highest BCUT2D eigenvalue weighted by molar-refractivity contribution is 5.80. The molecule has 16 heavy (non-hydrogen) atoms. The number of nitro benzene ring substituents is 1. The van der Waals surface area contributed by atoms with Crippen molar-refractivity contribution in [3.63, 3.8) is 0 Å². The lowest BCUT2D eigenvalue weighted by molar-refractivity contribution is -0.385. The van der Waals surface area contributed by atoms with Crippen LogP contribution in [-0.4, -0.2) is 17.6 Å². The Kier molecular flexibility index (Phi) is 3.11. The average Bonchev–Trinajstić information content (AvgIpc) is 2.15. The molecule has 1 aromatic rings. The van der Waals surface area contributed by atoms with E-state index in [0.29, 0.717) is 6.07 Å². The molecule has 0 aliphatic rings. The van der Waals surface area contributed by atoms with Crippen molar-refractivity contribution in [3.05, 3.63) is 33.9 Å².